The van der Waals surface area contributed by atoms with Crippen LogP contribution in [-0.4, -0.2) is 12.5 Å². The second kappa shape index (κ2) is 6.14. The molecule has 0 atom stereocenters. The molecule has 1 saturated carbocycles. The van der Waals surface area contributed by atoms with Crippen LogP contribution in [0.25, 0.3) is 0 Å². The molecule has 17 heavy (non-hydrogen) atoms. The average molecular weight is 254 g/mol. The summed E-state index contributed by atoms with van der Waals surface area (Å²) < 4.78 is 5.61. The molecule has 0 aliphatic heterocycles. The monoisotopic (exact) mass is 254 g/mol. The van der Waals surface area contributed by atoms with E-state index in [0.717, 1.165) is 24.5 Å². The normalized spacial score (nSPS) is 15.6. The van der Waals surface area contributed by atoms with E-state index >= 15 is 0 Å². The molecule has 1 aromatic heterocycles. The van der Waals surface area contributed by atoms with Gasteiger partial charge in [0, 0.05) is 12.2 Å². The first kappa shape index (κ1) is 12.5. The lowest BCUT2D eigenvalue weighted by Gasteiger charge is -2.24. The van der Waals surface area contributed by atoms with E-state index in [0.29, 0.717) is 11.5 Å². The van der Waals surface area contributed by atoms with E-state index in [2.05, 4.69) is 5.43 Å². The molecule has 1 heterocycles. The molecular weight excluding hydrogens is 236 g/mol. The van der Waals surface area contributed by atoms with E-state index < -0.39 is 0 Å². The van der Waals surface area contributed by atoms with Gasteiger partial charge in [0.05, 0.1) is 11.5 Å². The van der Waals surface area contributed by atoms with Gasteiger partial charge in [0.25, 0.3) is 5.91 Å². The Balaban J connectivity index is 1.74. The summed E-state index contributed by atoms with van der Waals surface area (Å²) in [5.74, 6) is 5.75. The third-order valence-corrected chi connectivity index (χ3v) is 4.19. The minimum atomic E-state index is -0.238. The van der Waals surface area contributed by atoms with Crippen molar-refractivity contribution in [2.24, 2.45) is 11.8 Å². The van der Waals surface area contributed by atoms with Crippen LogP contribution in [0.5, 0.6) is 0 Å². The summed E-state index contributed by atoms with van der Waals surface area (Å²) in [5.41, 5.74) is 3.07. The first-order valence-electron chi connectivity index (χ1n) is 5.96. The van der Waals surface area contributed by atoms with Gasteiger partial charge in [-0.15, -0.1) is 11.3 Å². The number of carbonyl (C=O) groups excluding carboxylic acids is 1. The van der Waals surface area contributed by atoms with Crippen molar-refractivity contribution in [1.82, 2.24) is 5.43 Å². The van der Waals surface area contributed by atoms with Crippen molar-refractivity contribution in [2.75, 3.05) is 6.61 Å². The molecule has 5 heteroatoms. The zero-order valence-corrected chi connectivity index (χ0v) is 10.6. The molecule has 1 aromatic rings. The first-order valence-corrected chi connectivity index (χ1v) is 6.84. The number of ether oxygens (including phenoxy) is 1. The Morgan fingerprint density at radius 1 is 1.59 bits per heavy atom. The minimum Gasteiger partial charge on any atom is -0.377 e. The number of nitrogen functional groups attached to an aromatic ring is 1. The fraction of sp³-hybridized carbons (Fsp3) is 0.583. The number of rotatable bonds is 6. The quantitative estimate of drug-likeness (QED) is 0.353. The lowest BCUT2D eigenvalue weighted by Crippen LogP contribution is -2.30. The molecule has 0 unspecified atom stereocenters. The van der Waals surface area contributed by atoms with Gasteiger partial charge in [-0.2, -0.15) is 0 Å². The van der Waals surface area contributed by atoms with Gasteiger partial charge in [-0.1, -0.05) is 19.3 Å². The molecule has 1 aliphatic carbocycles. The molecule has 3 N–H and O–H groups in total. The number of hydrogen-bond donors (Lipinski definition) is 2. The maximum Gasteiger partial charge on any atom is 0.275 e. The van der Waals surface area contributed by atoms with Gasteiger partial charge in [0.1, 0.15) is 0 Å². The van der Waals surface area contributed by atoms with Gasteiger partial charge < -0.3 is 4.74 Å². The summed E-state index contributed by atoms with van der Waals surface area (Å²) in [6, 6.07) is 1.92. The van der Waals surface area contributed by atoms with Gasteiger partial charge in [-0.05, 0) is 23.8 Å². The van der Waals surface area contributed by atoms with E-state index in [1.165, 1.54) is 30.6 Å². The van der Waals surface area contributed by atoms with Crippen LogP contribution in [-0.2, 0) is 11.3 Å². The number of nitrogens with one attached hydrogen (secondary N) is 1. The highest BCUT2D eigenvalue weighted by atomic mass is 32.1. The van der Waals surface area contributed by atoms with Gasteiger partial charge in [0.15, 0.2) is 0 Å². The maximum atomic E-state index is 11.4. The Labute approximate surface area is 105 Å². The predicted octanol–water partition coefficient (Wildman–Crippen LogP) is 2.06. The Kier molecular flexibility index (Phi) is 4.53. The predicted molar refractivity (Wildman–Crippen MR) is 67.6 cm³/mol. The van der Waals surface area contributed by atoms with Crippen molar-refractivity contribution < 1.29 is 9.53 Å². The molecule has 0 saturated heterocycles. The highest BCUT2D eigenvalue weighted by Crippen LogP contribution is 2.29. The van der Waals surface area contributed by atoms with Crippen molar-refractivity contribution in [3.05, 3.63) is 21.9 Å². The lowest BCUT2D eigenvalue weighted by molar-refractivity contribution is 0.0901. The summed E-state index contributed by atoms with van der Waals surface area (Å²) in [6.07, 6.45) is 5.21. The fourth-order valence-corrected chi connectivity index (χ4v) is 2.74. The summed E-state index contributed by atoms with van der Waals surface area (Å²) in [5, 5.41) is 1.88. The van der Waals surface area contributed by atoms with Crippen LogP contribution in [0, 0.1) is 5.92 Å². The second-order valence-corrected chi connectivity index (χ2v) is 5.30. The van der Waals surface area contributed by atoms with Crippen molar-refractivity contribution in [2.45, 2.75) is 32.3 Å². The van der Waals surface area contributed by atoms with Crippen molar-refractivity contribution >= 4 is 17.2 Å². The minimum absolute atomic E-state index is 0.238. The van der Waals surface area contributed by atoms with Crippen molar-refractivity contribution in [3.8, 4) is 0 Å². The van der Waals surface area contributed by atoms with E-state index in [1.807, 2.05) is 11.4 Å². The summed E-state index contributed by atoms with van der Waals surface area (Å²) >= 11 is 1.39. The number of hydrazine groups is 1. The molecule has 4 nitrogen and oxygen atoms in total. The van der Waals surface area contributed by atoms with Crippen LogP contribution in [0.4, 0.5) is 0 Å². The number of carbonyl (C=O) groups is 1. The third kappa shape index (κ3) is 3.28. The standard InChI is InChI=1S/C12H18N2O2S/c13-14-12(15)11-10(5-7-17-11)8-16-6-4-9-2-1-3-9/h5,7,9H,1-4,6,8,13H2,(H,14,15). The van der Waals surface area contributed by atoms with Crippen molar-refractivity contribution in [3.63, 3.8) is 0 Å². The van der Waals surface area contributed by atoms with Crippen LogP contribution in [0.3, 0.4) is 0 Å². The maximum absolute atomic E-state index is 11.4. The molecule has 0 spiro atoms. The summed E-state index contributed by atoms with van der Waals surface area (Å²) in [6.45, 7) is 1.28. The number of amides is 1. The lowest BCUT2D eigenvalue weighted by atomic mass is 9.83. The molecule has 0 radical (unpaired) electrons. The highest BCUT2D eigenvalue weighted by Gasteiger charge is 2.17. The van der Waals surface area contributed by atoms with Gasteiger partial charge in [-0.3, -0.25) is 10.2 Å². The molecule has 1 fully saturated rings. The van der Waals surface area contributed by atoms with E-state index in [9.17, 15) is 4.79 Å². The Morgan fingerprint density at radius 2 is 2.41 bits per heavy atom. The molecular formula is C12H18N2O2S. The van der Waals surface area contributed by atoms with Crippen LogP contribution in [0.15, 0.2) is 11.4 Å². The van der Waals surface area contributed by atoms with E-state index in [1.54, 1.807) is 0 Å². The van der Waals surface area contributed by atoms with Gasteiger partial charge in [0.2, 0.25) is 0 Å². The molecule has 94 valence electrons. The Bertz CT molecular complexity index is 374. The molecule has 1 aliphatic rings. The van der Waals surface area contributed by atoms with Crippen LogP contribution in [0.2, 0.25) is 0 Å². The number of nitrogens with two attached hydrogens (primary N) is 1. The Hall–Kier alpha value is -0.910. The molecule has 1 amide bonds. The first-order chi connectivity index (χ1) is 8.31. The highest BCUT2D eigenvalue weighted by molar-refractivity contribution is 7.12. The number of thiophene rings is 1. The molecule has 2 rings (SSSR count). The topological polar surface area (TPSA) is 64.3 Å². The second-order valence-electron chi connectivity index (χ2n) is 4.39. The molecule has 0 bridgehead atoms. The summed E-state index contributed by atoms with van der Waals surface area (Å²) in [4.78, 5) is 12.1. The van der Waals surface area contributed by atoms with E-state index in [-0.39, 0.29) is 5.91 Å². The third-order valence-electron chi connectivity index (χ3n) is 3.24. The fourth-order valence-electron chi connectivity index (χ4n) is 1.93. The zero-order chi connectivity index (χ0) is 12.1. The van der Waals surface area contributed by atoms with Crippen LogP contribution < -0.4 is 11.3 Å². The molecule has 0 aromatic carbocycles. The SMILES string of the molecule is NNC(=O)c1sccc1COCCC1CCC1. The Morgan fingerprint density at radius 3 is 3.06 bits per heavy atom. The summed E-state index contributed by atoms with van der Waals surface area (Å²) in [7, 11) is 0. The van der Waals surface area contributed by atoms with E-state index in [4.69, 9.17) is 10.6 Å². The van der Waals surface area contributed by atoms with Crippen LogP contribution in [0.1, 0.15) is 40.9 Å². The zero-order valence-electron chi connectivity index (χ0n) is 9.78. The van der Waals surface area contributed by atoms with Gasteiger partial charge in [-0.25, -0.2) is 5.84 Å². The smallest absolute Gasteiger partial charge is 0.275 e. The van der Waals surface area contributed by atoms with Gasteiger partial charge >= 0.3 is 0 Å². The largest absolute Gasteiger partial charge is 0.377 e. The average Bonchev–Trinajstić information content (AvgIpc) is 2.73. The van der Waals surface area contributed by atoms with Crippen molar-refractivity contribution in [1.29, 1.82) is 0 Å². The van der Waals surface area contributed by atoms with Crippen LogP contribution >= 0.6 is 11.3 Å². The number of hydrogen-bond acceptors (Lipinski definition) is 4.